The highest BCUT2D eigenvalue weighted by Crippen LogP contribution is 2.30. The van der Waals surface area contributed by atoms with E-state index < -0.39 is 5.97 Å². The summed E-state index contributed by atoms with van der Waals surface area (Å²) in [7, 11) is 0. The molecule has 0 bridgehead atoms. The highest BCUT2D eigenvalue weighted by Gasteiger charge is 2.31. The minimum absolute atomic E-state index is 0.0622. The Kier molecular flexibility index (Phi) is 3.91. The summed E-state index contributed by atoms with van der Waals surface area (Å²) >= 11 is 0. The predicted molar refractivity (Wildman–Crippen MR) is 91.9 cm³/mol. The summed E-state index contributed by atoms with van der Waals surface area (Å²) in [5.74, 6) is -1.01. The van der Waals surface area contributed by atoms with Gasteiger partial charge in [-0.05, 0) is 37.0 Å². The minimum atomic E-state index is -1.01. The lowest BCUT2D eigenvalue weighted by Gasteiger charge is -2.34. The first-order valence-electron chi connectivity index (χ1n) is 8.56. The number of nitrogens with zero attached hydrogens (tertiary/aromatic N) is 4. The van der Waals surface area contributed by atoms with E-state index in [1.54, 1.807) is 10.9 Å². The number of hydrogen-bond donors (Lipinski definition) is 1. The van der Waals surface area contributed by atoms with Crippen LogP contribution in [-0.2, 0) is 6.42 Å². The zero-order valence-electron chi connectivity index (χ0n) is 13.8. The molecule has 0 aliphatic carbocycles. The number of carbonyl (C=O) groups excluding carboxylic acids is 1. The van der Waals surface area contributed by atoms with Crippen LogP contribution in [0.3, 0.4) is 0 Å². The van der Waals surface area contributed by atoms with Gasteiger partial charge in [-0.3, -0.25) is 9.58 Å². The minimum Gasteiger partial charge on any atom is -0.476 e. The molecule has 1 saturated heterocycles. The first-order valence-corrected chi connectivity index (χ1v) is 8.56. The molecule has 0 spiro atoms. The van der Waals surface area contributed by atoms with Gasteiger partial charge in [0.1, 0.15) is 0 Å². The van der Waals surface area contributed by atoms with Crippen molar-refractivity contribution in [1.82, 2.24) is 14.7 Å². The molecule has 1 fully saturated rings. The van der Waals surface area contributed by atoms with Gasteiger partial charge < -0.3 is 10.0 Å². The third-order valence-corrected chi connectivity index (χ3v) is 5.05. The molecule has 0 atom stereocenters. The van der Waals surface area contributed by atoms with Gasteiger partial charge in [-0.25, -0.2) is 9.59 Å². The van der Waals surface area contributed by atoms with E-state index in [9.17, 15) is 9.59 Å². The summed E-state index contributed by atoms with van der Waals surface area (Å²) in [6.07, 6.45) is 4.18. The van der Waals surface area contributed by atoms with Gasteiger partial charge in [0.2, 0.25) is 0 Å². The number of piperidine rings is 1. The number of benzene rings is 1. The van der Waals surface area contributed by atoms with E-state index in [4.69, 9.17) is 5.11 Å². The molecule has 1 aromatic heterocycles. The SMILES string of the molecule is O=C(O)c1ccn(C2CCN(C(=O)N3CCc4ccccc43)CC2)n1. The van der Waals surface area contributed by atoms with Crippen molar-refractivity contribution in [2.24, 2.45) is 0 Å². The number of para-hydroxylation sites is 1. The molecule has 2 aliphatic heterocycles. The van der Waals surface area contributed by atoms with Crippen molar-refractivity contribution >= 4 is 17.7 Å². The summed E-state index contributed by atoms with van der Waals surface area (Å²) in [6, 6.07) is 9.78. The molecule has 130 valence electrons. The van der Waals surface area contributed by atoms with Crippen molar-refractivity contribution in [2.75, 3.05) is 24.5 Å². The van der Waals surface area contributed by atoms with Gasteiger partial charge >= 0.3 is 12.0 Å². The van der Waals surface area contributed by atoms with Crippen LogP contribution in [0.4, 0.5) is 10.5 Å². The Balaban J connectivity index is 1.40. The Morgan fingerprint density at radius 3 is 2.56 bits per heavy atom. The highest BCUT2D eigenvalue weighted by atomic mass is 16.4. The van der Waals surface area contributed by atoms with Crippen LogP contribution in [0.15, 0.2) is 36.5 Å². The Morgan fingerprint density at radius 2 is 1.84 bits per heavy atom. The van der Waals surface area contributed by atoms with E-state index in [0.29, 0.717) is 13.1 Å². The molecule has 0 saturated carbocycles. The number of anilines is 1. The maximum atomic E-state index is 12.9. The summed E-state index contributed by atoms with van der Waals surface area (Å²) in [5, 5.41) is 13.1. The number of carboxylic acid groups (broad SMARTS) is 1. The summed E-state index contributed by atoms with van der Waals surface area (Å²) in [4.78, 5) is 27.6. The number of urea groups is 1. The summed E-state index contributed by atoms with van der Waals surface area (Å²) in [6.45, 7) is 2.05. The van der Waals surface area contributed by atoms with Crippen LogP contribution in [0.1, 0.15) is 34.9 Å². The Morgan fingerprint density at radius 1 is 1.08 bits per heavy atom. The molecular formula is C18H20N4O3. The molecule has 2 amide bonds. The maximum absolute atomic E-state index is 12.9. The molecule has 4 rings (SSSR count). The van der Waals surface area contributed by atoms with E-state index >= 15 is 0 Å². The molecule has 1 aromatic carbocycles. The van der Waals surface area contributed by atoms with Crippen molar-refractivity contribution in [3.05, 3.63) is 47.8 Å². The lowest BCUT2D eigenvalue weighted by molar-refractivity contribution is 0.0688. The van der Waals surface area contributed by atoms with Crippen LogP contribution in [-0.4, -0.2) is 51.4 Å². The van der Waals surface area contributed by atoms with Gasteiger partial charge in [-0.15, -0.1) is 0 Å². The summed E-state index contributed by atoms with van der Waals surface area (Å²) < 4.78 is 1.72. The van der Waals surface area contributed by atoms with Gasteiger partial charge in [0.25, 0.3) is 0 Å². The molecule has 7 nitrogen and oxygen atoms in total. The lowest BCUT2D eigenvalue weighted by atomic mass is 10.1. The van der Waals surface area contributed by atoms with Crippen molar-refractivity contribution in [3.63, 3.8) is 0 Å². The van der Waals surface area contributed by atoms with E-state index in [1.807, 2.05) is 28.0 Å². The Labute approximate surface area is 145 Å². The van der Waals surface area contributed by atoms with Crippen LogP contribution in [0.25, 0.3) is 0 Å². The standard InChI is InChI=1S/C18H20N4O3/c23-17(24)15-8-12-22(19-15)14-6-9-20(10-7-14)18(25)21-11-5-13-3-1-2-4-16(13)21/h1-4,8,12,14H,5-7,9-11H2,(H,23,24). The highest BCUT2D eigenvalue weighted by molar-refractivity contribution is 5.94. The molecule has 3 heterocycles. The topological polar surface area (TPSA) is 78.7 Å². The smallest absolute Gasteiger partial charge is 0.356 e. The van der Waals surface area contributed by atoms with Crippen LogP contribution in [0.2, 0.25) is 0 Å². The zero-order chi connectivity index (χ0) is 17.4. The van der Waals surface area contributed by atoms with Crippen LogP contribution in [0.5, 0.6) is 0 Å². The van der Waals surface area contributed by atoms with Crippen molar-refractivity contribution < 1.29 is 14.7 Å². The van der Waals surface area contributed by atoms with Gasteiger partial charge in [0, 0.05) is 31.5 Å². The number of aromatic nitrogens is 2. The number of rotatable bonds is 2. The molecule has 7 heteroatoms. The van der Waals surface area contributed by atoms with Crippen LogP contribution in [0, 0.1) is 0 Å². The average Bonchev–Trinajstić information content (AvgIpc) is 3.29. The fraction of sp³-hybridized carbons (Fsp3) is 0.389. The number of carboxylic acids is 1. The second-order valence-electron chi connectivity index (χ2n) is 6.52. The Hall–Kier alpha value is -2.83. The van der Waals surface area contributed by atoms with Crippen molar-refractivity contribution in [2.45, 2.75) is 25.3 Å². The molecule has 25 heavy (non-hydrogen) atoms. The van der Waals surface area contributed by atoms with E-state index in [2.05, 4.69) is 11.2 Å². The summed E-state index contributed by atoms with van der Waals surface area (Å²) in [5.41, 5.74) is 2.31. The lowest BCUT2D eigenvalue weighted by Crippen LogP contribution is -2.46. The van der Waals surface area contributed by atoms with Crippen LogP contribution >= 0.6 is 0 Å². The second kappa shape index (κ2) is 6.23. The molecule has 2 aromatic rings. The fourth-order valence-electron chi connectivity index (χ4n) is 3.68. The molecule has 0 radical (unpaired) electrons. The second-order valence-corrected chi connectivity index (χ2v) is 6.52. The van der Waals surface area contributed by atoms with E-state index in [0.717, 1.165) is 31.5 Å². The number of likely N-dealkylation sites (tertiary alicyclic amines) is 1. The molecular weight excluding hydrogens is 320 g/mol. The number of fused-ring (bicyclic) bond motifs is 1. The van der Waals surface area contributed by atoms with Gasteiger partial charge in [-0.1, -0.05) is 18.2 Å². The molecule has 0 unspecified atom stereocenters. The number of aromatic carboxylic acids is 1. The molecule has 1 N–H and O–H groups in total. The quantitative estimate of drug-likeness (QED) is 0.910. The first-order chi connectivity index (χ1) is 12.1. The van der Waals surface area contributed by atoms with E-state index in [1.165, 1.54) is 11.6 Å². The molecule has 2 aliphatic rings. The van der Waals surface area contributed by atoms with Gasteiger partial charge in [0.05, 0.1) is 6.04 Å². The fourth-order valence-corrected chi connectivity index (χ4v) is 3.68. The maximum Gasteiger partial charge on any atom is 0.356 e. The van der Waals surface area contributed by atoms with Crippen LogP contribution < -0.4 is 4.90 Å². The Bertz CT molecular complexity index is 808. The van der Waals surface area contributed by atoms with Crippen molar-refractivity contribution in [1.29, 1.82) is 0 Å². The normalized spacial score (nSPS) is 17.6. The number of amides is 2. The third-order valence-electron chi connectivity index (χ3n) is 5.05. The first kappa shape index (κ1) is 15.7. The van der Waals surface area contributed by atoms with Crippen molar-refractivity contribution in [3.8, 4) is 0 Å². The monoisotopic (exact) mass is 340 g/mol. The van der Waals surface area contributed by atoms with E-state index in [-0.39, 0.29) is 17.8 Å². The van der Waals surface area contributed by atoms with Gasteiger partial charge in [0.15, 0.2) is 5.69 Å². The largest absolute Gasteiger partial charge is 0.476 e. The number of carbonyl (C=O) groups is 2. The van der Waals surface area contributed by atoms with Gasteiger partial charge in [-0.2, -0.15) is 5.10 Å². The third kappa shape index (κ3) is 2.86. The number of hydrogen-bond acceptors (Lipinski definition) is 3. The predicted octanol–water partition coefficient (Wildman–Crippen LogP) is 2.40. The zero-order valence-corrected chi connectivity index (χ0v) is 13.8. The average molecular weight is 340 g/mol.